The van der Waals surface area contributed by atoms with E-state index in [1.165, 1.54) is 0 Å². The quantitative estimate of drug-likeness (QED) is 0.173. The standard InChI is InChI=1S/C24H35N3O5.HI/c1-7-25-24(26-15-18-13-21(29-4)23(31-6)22(14-18)30-5)27-16-19-9-8-17(2)12-20(19)32-11-10-28-3;/h8-9,12-14H,7,10-11,15-16H2,1-6H3,(H2,25,26,27);1H. The Morgan fingerprint density at radius 3 is 2.15 bits per heavy atom. The van der Waals surface area contributed by atoms with Crippen LogP contribution in [0.2, 0.25) is 0 Å². The highest BCUT2D eigenvalue weighted by molar-refractivity contribution is 14.0. The summed E-state index contributed by atoms with van der Waals surface area (Å²) in [6, 6.07) is 9.96. The number of nitrogens with zero attached hydrogens (tertiary/aromatic N) is 1. The van der Waals surface area contributed by atoms with Crippen molar-refractivity contribution in [1.82, 2.24) is 10.6 Å². The molecule has 0 aliphatic carbocycles. The van der Waals surface area contributed by atoms with E-state index in [0.717, 1.165) is 29.0 Å². The Morgan fingerprint density at radius 2 is 1.58 bits per heavy atom. The summed E-state index contributed by atoms with van der Waals surface area (Å²) in [7, 11) is 6.45. The van der Waals surface area contributed by atoms with Crippen molar-refractivity contribution in [3.8, 4) is 23.0 Å². The number of aliphatic imine (C=N–C) groups is 1. The molecule has 0 bridgehead atoms. The second-order valence-electron chi connectivity index (χ2n) is 7.03. The first-order valence-corrected chi connectivity index (χ1v) is 10.6. The maximum absolute atomic E-state index is 5.89. The molecule has 0 heterocycles. The number of hydrogen-bond acceptors (Lipinski definition) is 6. The van der Waals surface area contributed by atoms with Gasteiger partial charge in [0.05, 0.1) is 34.5 Å². The Balaban J connectivity index is 0.00000544. The van der Waals surface area contributed by atoms with Crippen LogP contribution in [0.4, 0.5) is 0 Å². The number of halogens is 1. The van der Waals surface area contributed by atoms with E-state index in [1.54, 1.807) is 28.4 Å². The normalized spacial score (nSPS) is 10.8. The maximum atomic E-state index is 5.89. The molecule has 0 saturated heterocycles. The van der Waals surface area contributed by atoms with E-state index in [1.807, 2.05) is 32.0 Å². The fourth-order valence-corrected chi connectivity index (χ4v) is 3.09. The van der Waals surface area contributed by atoms with Gasteiger partial charge in [0.2, 0.25) is 5.75 Å². The van der Waals surface area contributed by atoms with Crippen LogP contribution < -0.4 is 29.6 Å². The molecule has 2 aromatic carbocycles. The van der Waals surface area contributed by atoms with Crippen LogP contribution in [0.5, 0.6) is 23.0 Å². The zero-order valence-electron chi connectivity index (χ0n) is 20.3. The minimum absolute atomic E-state index is 0. The molecule has 0 saturated carbocycles. The molecule has 184 valence electrons. The summed E-state index contributed by atoms with van der Waals surface area (Å²) in [4.78, 5) is 4.71. The molecular formula is C24H36IN3O5. The Kier molecular flexibility index (Phi) is 13.4. The number of methoxy groups -OCH3 is 4. The summed E-state index contributed by atoms with van der Waals surface area (Å²) >= 11 is 0. The smallest absolute Gasteiger partial charge is 0.203 e. The highest BCUT2D eigenvalue weighted by atomic mass is 127. The lowest BCUT2D eigenvalue weighted by Crippen LogP contribution is -2.36. The number of guanidine groups is 1. The Hall–Kier alpha value is -2.40. The second-order valence-corrected chi connectivity index (χ2v) is 7.03. The number of rotatable bonds is 12. The second kappa shape index (κ2) is 15.4. The van der Waals surface area contributed by atoms with Crippen LogP contribution in [-0.4, -0.2) is 54.2 Å². The largest absolute Gasteiger partial charge is 0.493 e. The van der Waals surface area contributed by atoms with Crippen LogP contribution in [0, 0.1) is 6.92 Å². The minimum atomic E-state index is 0. The van der Waals surface area contributed by atoms with E-state index in [4.69, 9.17) is 28.7 Å². The first-order valence-electron chi connectivity index (χ1n) is 10.6. The van der Waals surface area contributed by atoms with E-state index in [9.17, 15) is 0 Å². The van der Waals surface area contributed by atoms with Crippen LogP contribution >= 0.6 is 24.0 Å². The molecule has 0 fully saturated rings. The molecule has 0 aliphatic rings. The minimum Gasteiger partial charge on any atom is -0.493 e. The summed E-state index contributed by atoms with van der Waals surface area (Å²) in [5.74, 6) is 3.31. The van der Waals surface area contributed by atoms with E-state index in [-0.39, 0.29) is 24.0 Å². The Morgan fingerprint density at radius 1 is 0.879 bits per heavy atom. The highest BCUT2D eigenvalue weighted by Crippen LogP contribution is 2.38. The molecule has 0 unspecified atom stereocenters. The molecule has 2 N–H and O–H groups in total. The zero-order valence-corrected chi connectivity index (χ0v) is 22.6. The number of benzene rings is 2. The molecule has 8 nitrogen and oxygen atoms in total. The van der Waals surface area contributed by atoms with Crippen molar-refractivity contribution in [3.63, 3.8) is 0 Å². The van der Waals surface area contributed by atoms with Crippen molar-refractivity contribution < 1.29 is 23.7 Å². The molecular weight excluding hydrogens is 537 g/mol. The monoisotopic (exact) mass is 573 g/mol. The van der Waals surface area contributed by atoms with Crippen molar-refractivity contribution in [2.45, 2.75) is 26.9 Å². The zero-order chi connectivity index (χ0) is 23.3. The molecule has 0 spiro atoms. The summed E-state index contributed by atoms with van der Waals surface area (Å²) < 4.78 is 27.2. The Bertz CT molecular complexity index is 867. The number of aryl methyl sites for hydroxylation is 1. The lowest BCUT2D eigenvalue weighted by Gasteiger charge is -2.16. The van der Waals surface area contributed by atoms with Gasteiger partial charge >= 0.3 is 0 Å². The van der Waals surface area contributed by atoms with Gasteiger partial charge in [0, 0.05) is 25.8 Å². The van der Waals surface area contributed by atoms with Gasteiger partial charge in [-0.2, -0.15) is 0 Å². The average molecular weight is 573 g/mol. The van der Waals surface area contributed by atoms with Crippen LogP contribution in [0.1, 0.15) is 23.6 Å². The van der Waals surface area contributed by atoms with Gasteiger partial charge in [0.1, 0.15) is 12.4 Å². The van der Waals surface area contributed by atoms with Crippen molar-refractivity contribution in [1.29, 1.82) is 0 Å². The molecule has 0 amide bonds. The number of hydrogen-bond donors (Lipinski definition) is 2. The van der Waals surface area contributed by atoms with Gasteiger partial charge in [-0.3, -0.25) is 0 Å². The molecule has 9 heteroatoms. The van der Waals surface area contributed by atoms with Crippen molar-refractivity contribution in [2.75, 3.05) is 48.2 Å². The maximum Gasteiger partial charge on any atom is 0.203 e. The molecule has 33 heavy (non-hydrogen) atoms. The van der Waals surface area contributed by atoms with E-state index >= 15 is 0 Å². The van der Waals surface area contributed by atoms with Gasteiger partial charge < -0.3 is 34.3 Å². The van der Waals surface area contributed by atoms with E-state index < -0.39 is 0 Å². The Labute approximate surface area is 214 Å². The summed E-state index contributed by atoms with van der Waals surface area (Å²) in [6.45, 7) is 6.88. The number of ether oxygens (including phenoxy) is 5. The number of nitrogens with one attached hydrogen (secondary N) is 2. The fraction of sp³-hybridized carbons (Fsp3) is 0.458. The third-order valence-corrected chi connectivity index (χ3v) is 4.70. The van der Waals surface area contributed by atoms with Crippen LogP contribution in [0.25, 0.3) is 0 Å². The van der Waals surface area contributed by atoms with Crippen molar-refractivity contribution >= 4 is 29.9 Å². The molecule has 0 atom stereocenters. The predicted octanol–water partition coefficient (Wildman–Crippen LogP) is 3.92. The van der Waals surface area contributed by atoms with Gasteiger partial charge in [-0.15, -0.1) is 24.0 Å². The van der Waals surface area contributed by atoms with Crippen molar-refractivity contribution in [3.05, 3.63) is 47.0 Å². The van der Waals surface area contributed by atoms with Gasteiger partial charge in [-0.1, -0.05) is 12.1 Å². The van der Waals surface area contributed by atoms with Crippen LogP contribution in [0.3, 0.4) is 0 Å². The SMILES string of the molecule is CCNC(=NCc1cc(OC)c(OC)c(OC)c1)NCc1ccc(C)cc1OCCOC.I. The van der Waals surface area contributed by atoms with Crippen LogP contribution in [0.15, 0.2) is 35.3 Å². The first kappa shape index (κ1) is 28.6. The third kappa shape index (κ3) is 8.81. The van der Waals surface area contributed by atoms with Gasteiger partial charge in [0.25, 0.3) is 0 Å². The summed E-state index contributed by atoms with van der Waals surface area (Å²) in [5, 5.41) is 6.65. The molecule has 0 aliphatic heterocycles. The predicted molar refractivity (Wildman–Crippen MR) is 142 cm³/mol. The lowest BCUT2D eigenvalue weighted by atomic mass is 10.1. The topological polar surface area (TPSA) is 82.6 Å². The average Bonchev–Trinajstić information content (AvgIpc) is 2.81. The van der Waals surface area contributed by atoms with Crippen LogP contribution in [-0.2, 0) is 17.8 Å². The molecule has 2 rings (SSSR count). The molecule has 2 aromatic rings. The summed E-state index contributed by atoms with van der Waals surface area (Å²) in [5.41, 5.74) is 3.13. The summed E-state index contributed by atoms with van der Waals surface area (Å²) in [6.07, 6.45) is 0. The van der Waals surface area contributed by atoms with Gasteiger partial charge in [0.15, 0.2) is 17.5 Å². The first-order chi connectivity index (χ1) is 15.6. The lowest BCUT2D eigenvalue weighted by molar-refractivity contribution is 0.145. The highest BCUT2D eigenvalue weighted by Gasteiger charge is 2.13. The molecule has 0 aromatic heterocycles. The fourth-order valence-electron chi connectivity index (χ4n) is 3.09. The third-order valence-electron chi connectivity index (χ3n) is 4.70. The van der Waals surface area contributed by atoms with Gasteiger partial charge in [-0.05, 0) is 43.2 Å². The van der Waals surface area contributed by atoms with Crippen molar-refractivity contribution in [2.24, 2.45) is 4.99 Å². The van der Waals surface area contributed by atoms with E-state index in [0.29, 0.717) is 49.5 Å². The van der Waals surface area contributed by atoms with E-state index in [2.05, 4.69) is 22.8 Å². The molecule has 0 radical (unpaired) electrons. The van der Waals surface area contributed by atoms with Gasteiger partial charge in [-0.25, -0.2) is 4.99 Å².